The Morgan fingerprint density at radius 1 is 1.37 bits per heavy atom. The van der Waals surface area contributed by atoms with Gasteiger partial charge in [-0.15, -0.1) is 0 Å². The SMILES string of the molecule is COC(=O)c1ccc(N2CCCC(N)C2(C)C)cc1. The summed E-state index contributed by atoms with van der Waals surface area (Å²) >= 11 is 0. The Balaban J connectivity index is 2.24. The van der Waals surface area contributed by atoms with Crippen molar-refractivity contribution < 1.29 is 9.53 Å². The molecule has 2 rings (SSSR count). The fraction of sp³-hybridized carbons (Fsp3) is 0.533. The molecule has 0 aromatic heterocycles. The van der Waals surface area contributed by atoms with Crippen molar-refractivity contribution in [2.24, 2.45) is 5.73 Å². The molecule has 104 valence electrons. The van der Waals surface area contributed by atoms with Gasteiger partial charge in [-0.05, 0) is 51.0 Å². The first kappa shape index (κ1) is 13.9. The van der Waals surface area contributed by atoms with E-state index < -0.39 is 0 Å². The quantitative estimate of drug-likeness (QED) is 0.830. The van der Waals surface area contributed by atoms with Crippen LogP contribution in [0.1, 0.15) is 37.0 Å². The fourth-order valence-electron chi connectivity index (χ4n) is 2.67. The number of rotatable bonds is 2. The Hall–Kier alpha value is -1.55. The third-order valence-electron chi connectivity index (χ3n) is 4.10. The smallest absolute Gasteiger partial charge is 0.337 e. The number of nitrogens with zero attached hydrogens (tertiary/aromatic N) is 1. The summed E-state index contributed by atoms with van der Waals surface area (Å²) in [5, 5.41) is 0. The van der Waals surface area contributed by atoms with Crippen molar-refractivity contribution in [2.45, 2.75) is 38.3 Å². The number of nitrogens with two attached hydrogens (primary N) is 1. The fourth-order valence-corrected chi connectivity index (χ4v) is 2.67. The molecule has 1 aromatic rings. The van der Waals surface area contributed by atoms with Crippen molar-refractivity contribution in [3.8, 4) is 0 Å². The number of carbonyl (C=O) groups excluding carboxylic acids is 1. The van der Waals surface area contributed by atoms with E-state index in [1.807, 2.05) is 12.1 Å². The maximum absolute atomic E-state index is 11.4. The summed E-state index contributed by atoms with van der Waals surface area (Å²) in [6.07, 6.45) is 2.16. The van der Waals surface area contributed by atoms with Crippen molar-refractivity contribution in [3.63, 3.8) is 0 Å². The van der Waals surface area contributed by atoms with E-state index in [1.54, 1.807) is 12.1 Å². The zero-order valence-electron chi connectivity index (χ0n) is 11.8. The molecule has 0 radical (unpaired) electrons. The molecule has 1 aliphatic heterocycles. The van der Waals surface area contributed by atoms with Crippen molar-refractivity contribution in [1.82, 2.24) is 0 Å². The lowest BCUT2D eigenvalue weighted by atomic mass is 9.85. The average Bonchev–Trinajstić information content (AvgIpc) is 2.41. The van der Waals surface area contributed by atoms with Crippen LogP contribution in [0.2, 0.25) is 0 Å². The molecule has 1 aromatic carbocycles. The number of esters is 1. The van der Waals surface area contributed by atoms with Crippen LogP contribution in [-0.2, 0) is 4.74 Å². The van der Waals surface area contributed by atoms with Gasteiger partial charge in [0.1, 0.15) is 0 Å². The van der Waals surface area contributed by atoms with E-state index >= 15 is 0 Å². The lowest BCUT2D eigenvalue weighted by molar-refractivity contribution is 0.0601. The highest BCUT2D eigenvalue weighted by Crippen LogP contribution is 2.31. The first-order chi connectivity index (χ1) is 8.96. The second kappa shape index (κ2) is 5.21. The molecule has 0 amide bonds. The molecule has 1 aliphatic rings. The van der Waals surface area contributed by atoms with Crippen molar-refractivity contribution in [2.75, 3.05) is 18.6 Å². The van der Waals surface area contributed by atoms with Crippen molar-refractivity contribution in [1.29, 1.82) is 0 Å². The van der Waals surface area contributed by atoms with E-state index in [4.69, 9.17) is 10.5 Å². The molecule has 1 atom stereocenters. The molecule has 1 unspecified atom stereocenters. The summed E-state index contributed by atoms with van der Waals surface area (Å²) in [4.78, 5) is 13.7. The van der Waals surface area contributed by atoms with Crippen LogP contribution >= 0.6 is 0 Å². The minimum Gasteiger partial charge on any atom is -0.465 e. The summed E-state index contributed by atoms with van der Waals surface area (Å²) in [6.45, 7) is 5.34. The van der Waals surface area contributed by atoms with Gasteiger partial charge >= 0.3 is 5.97 Å². The second-order valence-electron chi connectivity index (χ2n) is 5.59. The van der Waals surface area contributed by atoms with Gasteiger partial charge in [-0.3, -0.25) is 0 Å². The van der Waals surface area contributed by atoms with Gasteiger partial charge in [-0.1, -0.05) is 0 Å². The highest BCUT2D eigenvalue weighted by Gasteiger charge is 2.36. The van der Waals surface area contributed by atoms with Crippen LogP contribution in [0.25, 0.3) is 0 Å². The Morgan fingerprint density at radius 2 is 2.00 bits per heavy atom. The molecule has 0 bridgehead atoms. The molecule has 0 saturated carbocycles. The monoisotopic (exact) mass is 262 g/mol. The standard InChI is InChI=1S/C15H22N2O2/c1-15(2)13(16)5-4-10-17(15)12-8-6-11(7-9-12)14(18)19-3/h6-9,13H,4-5,10,16H2,1-3H3. The second-order valence-corrected chi connectivity index (χ2v) is 5.59. The van der Waals surface area contributed by atoms with Crippen LogP contribution < -0.4 is 10.6 Å². The predicted octanol–water partition coefficient (Wildman–Crippen LogP) is 2.18. The number of benzene rings is 1. The van der Waals surface area contributed by atoms with Crippen LogP contribution in [-0.4, -0.2) is 31.2 Å². The Morgan fingerprint density at radius 3 is 2.58 bits per heavy atom. The summed E-state index contributed by atoms with van der Waals surface area (Å²) in [7, 11) is 1.39. The van der Waals surface area contributed by atoms with Gasteiger partial charge in [0.15, 0.2) is 0 Å². The number of methoxy groups -OCH3 is 1. The lowest BCUT2D eigenvalue weighted by Gasteiger charge is -2.48. The zero-order chi connectivity index (χ0) is 14.0. The molecule has 2 N–H and O–H groups in total. The van der Waals surface area contributed by atoms with E-state index in [9.17, 15) is 4.79 Å². The number of anilines is 1. The zero-order valence-corrected chi connectivity index (χ0v) is 11.8. The Bertz CT molecular complexity index is 454. The molecule has 4 nitrogen and oxygen atoms in total. The summed E-state index contributed by atoms with van der Waals surface area (Å²) in [5.74, 6) is -0.304. The molecule has 0 spiro atoms. The molecule has 1 fully saturated rings. The molecular formula is C15H22N2O2. The first-order valence-corrected chi connectivity index (χ1v) is 6.68. The molecule has 1 saturated heterocycles. The van der Waals surface area contributed by atoms with E-state index in [0.29, 0.717) is 5.56 Å². The van der Waals surface area contributed by atoms with Crippen molar-refractivity contribution in [3.05, 3.63) is 29.8 Å². The van der Waals surface area contributed by atoms with Crippen LogP contribution in [0.15, 0.2) is 24.3 Å². The van der Waals surface area contributed by atoms with E-state index in [2.05, 4.69) is 18.7 Å². The van der Waals surface area contributed by atoms with Crippen LogP contribution in [0.5, 0.6) is 0 Å². The maximum Gasteiger partial charge on any atom is 0.337 e. The topological polar surface area (TPSA) is 55.6 Å². The average molecular weight is 262 g/mol. The summed E-state index contributed by atoms with van der Waals surface area (Å²) < 4.78 is 4.71. The minimum atomic E-state index is -0.304. The van der Waals surface area contributed by atoms with E-state index in [-0.39, 0.29) is 17.6 Å². The molecule has 0 aliphatic carbocycles. The van der Waals surface area contributed by atoms with Crippen LogP contribution in [0.3, 0.4) is 0 Å². The van der Waals surface area contributed by atoms with E-state index in [1.165, 1.54) is 7.11 Å². The van der Waals surface area contributed by atoms with Gasteiger partial charge < -0.3 is 15.4 Å². The number of hydrogen-bond acceptors (Lipinski definition) is 4. The number of piperidine rings is 1. The largest absolute Gasteiger partial charge is 0.465 e. The van der Waals surface area contributed by atoms with Gasteiger partial charge in [0.25, 0.3) is 0 Å². The summed E-state index contributed by atoms with van der Waals surface area (Å²) in [6, 6.07) is 7.70. The highest BCUT2D eigenvalue weighted by molar-refractivity contribution is 5.89. The van der Waals surface area contributed by atoms with Crippen molar-refractivity contribution >= 4 is 11.7 Å². The van der Waals surface area contributed by atoms with E-state index in [0.717, 1.165) is 25.1 Å². The highest BCUT2D eigenvalue weighted by atomic mass is 16.5. The van der Waals surface area contributed by atoms with Crippen LogP contribution in [0.4, 0.5) is 5.69 Å². The Labute approximate surface area is 114 Å². The predicted molar refractivity (Wildman–Crippen MR) is 76.4 cm³/mol. The van der Waals surface area contributed by atoms with Gasteiger partial charge in [0, 0.05) is 23.8 Å². The first-order valence-electron chi connectivity index (χ1n) is 6.68. The minimum absolute atomic E-state index is 0.0645. The lowest BCUT2D eigenvalue weighted by Crippen LogP contribution is -2.59. The molecular weight excluding hydrogens is 240 g/mol. The maximum atomic E-state index is 11.4. The number of hydrogen-bond donors (Lipinski definition) is 1. The van der Waals surface area contributed by atoms with Crippen LogP contribution in [0, 0.1) is 0 Å². The van der Waals surface area contributed by atoms with Gasteiger partial charge in [0.05, 0.1) is 12.7 Å². The molecule has 1 heterocycles. The van der Waals surface area contributed by atoms with Gasteiger partial charge in [-0.2, -0.15) is 0 Å². The normalized spacial score (nSPS) is 22.1. The summed E-state index contributed by atoms with van der Waals surface area (Å²) in [5.41, 5.74) is 7.84. The number of carbonyl (C=O) groups is 1. The number of ether oxygens (including phenoxy) is 1. The molecule has 19 heavy (non-hydrogen) atoms. The third-order valence-corrected chi connectivity index (χ3v) is 4.10. The van der Waals surface area contributed by atoms with Gasteiger partial charge in [-0.25, -0.2) is 4.79 Å². The van der Waals surface area contributed by atoms with Gasteiger partial charge in [0.2, 0.25) is 0 Å². The Kier molecular flexibility index (Phi) is 3.80. The molecule has 4 heteroatoms. The third kappa shape index (κ3) is 2.59.